The molecule has 0 aromatic heterocycles. The summed E-state index contributed by atoms with van der Waals surface area (Å²) in [5.41, 5.74) is 0. The highest BCUT2D eigenvalue weighted by atomic mass is 14.9. The second-order valence-electron chi connectivity index (χ2n) is 5.30. The van der Waals surface area contributed by atoms with Crippen molar-refractivity contribution in [2.24, 2.45) is 17.8 Å². The highest BCUT2D eigenvalue weighted by Gasteiger charge is 2.08. The third kappa shape index (κ3) is 7.84. The molecule has 0 bridgehead atoms. The van der Waals surface area contributed by atoms with Crippen molar-refractivity contribution >= 4 is 0 Å². The van der Waals surface area contributed by atoms with E-state index in [-0.39, 0.29) is 0 Å². The Kier molecular flexibility index (Phi) is 9.18. The van der Waals surface area contributed by atoms with E-state index in [1.165, 1.54) is 38.8 Å². The van der Waals surface area contributed by atoms with Crippen LogP contribution < -0.4 is 5.32 Å². The standard InChI is InChI=1S/C14H31N/c1-6-8-9-14(7-2)11-15-10-13(5)12(3)4/h12-15H,6-11H2,1-5H3. The molecule has 0 spiro atoms. The second kappa shape index (κ2) is 9.21. The lowest BCUT2D eigenvalue weighted by molar-refractivity contribution is 0.358. The molecule has 1 nitrogen and oxygen atoms in total. The fourth-order valence-electron chi connectivity index (χ4n) is 1.69. The van der Waals surface area contributed by atoms with Crippen molar-refractivity contribution in [3.05, 3.63) is 0 Å². The molecular weight excluding hydrogens is 182 g/mol. The van der Waals surface area contributed by atoms with Gasteiger partial charge in [-0.25, -0.2) is 0 Å². The Hall–Kier alpha value is -0.0400. The molecule has 0 aliphatic rings. The van der Waals surface area contributed by atoms with Gasteiger partial charge < -0.3 is 5.32 Å². The molecule has 2 atom stereocenters. The summed E-state index contributed by atoms with van der Waals surface area (Å²) in [7, 11) is 0. The van der Waals surface area contributed by atoms with Crippen LogP contribution >= 0.6 is 0 Å². The predicted octanol–water partition coefficient (Wildman–Crippen LogP) is 4.08. The van der Waals surface area contributed by atoms with Crippen molar-refractivity contribution in [3.8, 4) is 0 Å². The third-order valence-corrected chi connectivity index (χ3v) is 3.58. The Morgan fingerprint density at radius 3 is 2.13 bits per heavy atom. The molecule has 0 aliphatic heterocycles. The van der Waals surface area contributed by atoms with Gasteiger partial charge in [0.2, 0.25) is 0 Å². The molecule has 92 valence electrons. The molecule has 15 heavy (non-hydrogen) atoms. The van der Waals surface area contributed by atoms with E-state index in [9.17, 15) is 0 Å². The Bertz CT molecular complexity index is 131. The number of nitrogens with one attached hydrogen (secondary N) is 1. The van der Waals surface area contributed by atoms with E-state index < -0.39 is 0 Å². The maximum absolute atomic E-state index is 3.63. The normalized spacial score (nSPS) is 15.6. The highest BCUT2D eigenvalue weighted by molar-refractivity contribution is 4.64. The van der Waals surface area contributed by atoms with Crippen LogP contribution in [0.2, 0.25) is 0 Å². The average molecular weight is 213 g/mol. The summed E-state index contributed by atoms with van der Waals surface area (Å²) < 4.78 is 0. The van der Waals surface area contributed by atoms with E-state index in [4.69, 9.17) is 0 Å². The van der Waals surface area contributed by atoms with E-state index in [0.717, 1.165) is 17.8 Å². The molecule has 0 rings (SSSR count). The van der Waals surface area contributed by atoms with Gasteiger partial charge in [-0.15, -0.1) is 0 Å². The van der Waals surface area contributed by atoms with Gasteiger partial charge in [0.15, 0.2) is 0 Å². The van der Waals surface area contributed by atoms with E-state index >= 15 is 0 Å². The third-order valence-electron chi connectivity index (χ3n) is 3.58. The molecule has 0 saturated heterocycles. The summed E-state index contributed by atoms with van der Waals surface area (Å²) >= 11 is 0. The molecule has 0 aromatic carbocycles. The fraction of sp³-hybridized carbons (Fsp3) is 1.00. The maximum atomic E-state index is 3.63. The molecular formula is C14H31N. The summed E-state index contributed by atoms with van der Waals surface area (Å²) in [5, 5.41) is 3.63. The zero-order valence-corrected chi connectivity index (χ0v) is 11.5. The summed E-state index contributed by atoms with van der Waals surface area (Å²) in [4.78, 5) is 0. The SMILES string of the molecule is CCCCC(CC)CNCC(C)C(C)C. The van der Waals surface area contributed by atoms with Crippen molar-refractivity contribution < 1.29 is 0 Å². The molecule has 0 fully saturated rings. The average Bonchev–Trinajstić information content (AvgIpc) is 2.22. The molecule has 0 aliphatic carbocycles. The van der Waals surface area contributed by atoms with Gasteiger partial charge in [0.25, 0.3) is 0 Å². The van der Waals surface area contributed by atoms with E-state index in [2.05, 4.69) is 39.9 Å². The van der Waals surface area contributed by atoms with Gasteiger partial charge in [-0.2, -0.15) is 0 Å². The molecule has 2 unspecified atom stereocenters. The lowest BCUT2D eigenvalue weighted by Gasteiger charge is -2.19. The predicted molar refractivity (Wildman–Crippen MR) is 70.2 cm³/mol. The first-order valence-electron chi connectivity index (χ1n) is 6.82. The minimum absolute atomic E-state index is 0.799. The first-order chi connectivity index (χ1) is 7.11. The first kappa shape index (κ1) is 15.0. The molecule has 0 heterocycles. The smallest absolute Gasteiger partial charge is 0.00205 e. The summed E-state index contributed by atoms with van der Waals surface area (Å²) in [6.07, 6.45) is 5.44. The Morgan fingerprint density at radius 1 is 1.00 bits per heavy atom. The van der Waals surface area contributed by atoms with Crippen LogP contribution in [0.5, 0.6) is 0 Å². The number of rotatable bonds is 9. The Morgan fingerprint density at radius 2 is 1.67 bits per heavy atom. The zero-order chi connectivity index (χ0) is 11.7. The molecule has 0 aromatic rings. The number of hydrogen-bond donors (Lipinski definition) is 1. The van der Waals surface area contributed by atoms with Crippen LogP contribution in [0.4, 0.5) is 0 Å². The molecule has 1 heteroatoms. The van der Waals surface area contributed by atoms with Gasteiger partial charge >= 0.3 is 0 Å². The summed E-state index contributed by atoms with van der Waals surface area (Å²) in [5.74, 6) is 2.49. The van der Waals surface area contributed by atoms with Crippen molar-refractivity contribution in [1.29, 1.82) is 0 Å². The van der Waals surface area contributed by atoms with Crippen LogP contribution in [-0.4, -0.2) is 13.1 Å². The minimum atomic E-state index is 0.799. The van der Waals surface area contributed by atoms with Crippen molar-refractivity contribution in [3.63, 3.8) is 0 Å². The van der Waals surface area contributed by atoms with Crippen LogP contribution in [0.1, 0.15) is 60.3 Å². The second-order valence-corrected chi connectivity index (χ2v) is 5.30. The number of unbranched alkanes of at least 4 members (excludes halogenated alkanes) is 1. The van der Waals surface area contributed by atoms with E-state index in [1.54, 1.807) is 0 Å². The van der Waals surface area contributed by atoms with Crippen LogP contribution in [0.15, 0.2) is 0 Å². The molecule has 0 radical (unpaired) electrons. The minimum Gasteiger partial charge on any atom is -0.316 e. The number of hydrogen-bond acceptors (Lipinski definition) is 1. The Labute approximate surface area is 97.0 Å². The van der Waals surface area contributed by atoms with Crippen LogP contribution in [-0.2, 0) is 0 Å². The first-order valence-corrected chi connectivity index (χ1v) is 6.82. The van der Waals surface area contributed by atoms with Crippen LogP contribution in [0.3, 0.4) is 0 Å². The van der Waals surface area contributed by atoms with Gasteiger partial charge in [-0.05, 0) is 37.3 Å². The van der Waals surface area contributed by atoms with Crippen molar-refractivity contribution in [1.82, 2.24) is 5.32 Å². The lowest BCUT2D eigenvalue weighted by atomic mass is 9.96. The van der Waals surface area contributed by atoms with Crippen LogP contribution in [0, 0.1) is 17.8 Å². The van der Waals surface area contributed by atoms with Gasteiger partial charge in [-0.1, -0.05) is 53.9 Å². The monoisotopic (exact) mass is 213 g/mol. The van der Waals surface area contributed by atoms with Gasteiger partial charge in [0.05, 0.1) is 0 Å². The molecule has 0 amide bonds. The van der Waals surface area contributed by atoms with Gasteiger partial charge in [0.1, 0.15) is 0 Å². The summed E-state index contributed by atoms with van der Waals surface area (Å²) in [6.45, 7) is 13.9. The van der Waals surface area contributed by atoms with E-state index in [1.807, 2.05) is 0 Å². The maximum Gasteiger partial charge on any atom is -0.00205 e. The quantitative estimate of drug-likeness (QED) is 0.608. The van der Waals surface area contributed by atoms with Crippen molar-refractivity contribution in [2.75, 3.05) is 13.1 Å². The van der Waals surface area contributed by atoms with Crippen LogP contribution in [0.25, 0.3) is 0 Å². The largest absolute Gasteiger partial charge is 0.316 e. The Balaban J connectivity index is 3.53. The fourth-order valence-corrected chi connectivity index (χ4v) is 1.69. The van der Waals surface area contributed by atoms with E-state index in [0.29, 0.717) is 0 Å². The van der Waals surface area contributed by atoms with Crippen molar-refractivity contribution in [2.45, 2.75) is 60.3 Å². The topological polar surface area (TPSA) is 12.0 Å². The van der Waals surface area contributed by atoms with Gasteiger partial charge in [-0.3, -0.25) is 0 Å². The molecule has 1 N–H and O–H groups in total. The molecule has 0 saturated carbocycles. The lowest BCUT2D eigenvalue weighted by Crippen LogP contribution is -2.29. The summed E-state index contributed by atoms with van der Waals surface area (Å²) in [6, 6.07) is 0. The highest BCUT2D eigenvalue weighted by Crippen LogP contribution is 2.12. The zero-order valence-electron chi connectivity index (χ0n) is 11.5. The van der Waals surface area contributed by atoms with Gasteiger partial charge in [0, 0.05) is 0 Å².